The number of rotatable bonds is 4. The third-order valence-corrected chi connectivity index (χ3v) is 8.96. The SMILES string of the molecule is c1cc(-c2c(-c3ccncc3)nn3c(C4CCC(N5CC6CCC(C5)O6)CC4)ccnc23)c2cn[nH]c2c1. The Morgan fingerprint density at radius 3 is 2.50 bits per heavy atom. The first kappa shape index (κ1) is 22.4. The highest BCUT2D eigenvalue weighted by Crippen LogP contribution is 2.41. The first-order valence-electron chi connectivity index (χ1n) is 13.9. The van der Waals surface area contributed by atoms with E-state index in [2.05, 4.69) is 48.9 Å². The zero-order valence-corrected chi connectivity index (χ0v) is 21.3. The topological polar surface area (TPSA) is 84.2 Å². The van der Waals surface area contributed by atoms with E-state index in [9.17, 15) is 0 Å². The molecule has 8 heteroatoms. The number of benzene rings is 1. The van der Waals surface area contributed by atoms with E-state index in [4.69, 9.17) is 14.8 Å². The van der Waals surface area contributed by atoms with Crippen molar-refractivity contribution in [2.45, 2.75) is 62.7 Å². The molecular formula is C30H31N7O. The second kappa shape index (κ2) is 8.99. The molecule has 8 nitrogen and oxygen atoms in total. The maximum atomic E-state index is 6.09. The standard InChI is InChI=1S/C30H31N7O/c1-2-24(25-16-33-34-26(25)3-1)28-29(20-10-13-31-14-11-20)35-37-27(12-15-32-30(28)37)19-4-6-21(7-5-19)36-17-22-8-9-23(18-36)38-22/h1-3,10-16,19,21-23H,4-9,17-18H2,(H,33,34). The highest BCUT2D eigenvalue weighted by molar-refractivity contribution is 6.02. The smallest absolute Gasteiger partial charge is 0.163 e. The number of nitrogens with zero attached hydrogens (tertiary/aromatic N) is 6. The third-order valence-electron chi connectivity index (χ3n) is 8.96. The molecule has 1 N–H and O–H groups in total. The van der Waals surface area contributed by atoms with Gasteiger partial charge in [0.2, 0.25) is 0 Å². The van der Waals surface area contributed by atoms with Crippen molar-refractivity contribution >= 4 is 16.6 Å². The van der Waals surface area contributed by atoms with Crippen molar-refractivity contribution in [2.75, 3.05) is 13.1 Å². The van der Waals surface area contributed by atoms with Gasteiger partial charge in [-0.1, -0.05) is 12.1 Å². The molecule has 3 aliphatic rings. The number of hydrogen-bond acceptors (Lipinski definition) is 6. The van der Waals surface area contributed by atoms with E-state index in [1.54, 1.807) is 0 Å². The van der Waals surface area contributed by atoms with Crippen molar-refractivity contribution < 1.29 is 4.74 Å². The molecule has 5 aromatic rings. The van der Waals surface area contributed by atoms with Gasteiger partial charge in [0.1, 0.15) is 5.69 Å². The number of morpholine rings is 1. The van der Waals surface area contributed by atoms with E-state index >= 15 is 0 Å². The fraction of sp³-hybridized carbons (Fsp3) is 0.400. The number of ether oxygens (including phenoxy) is 1. The molecule has 6 heterocycles. The van der Waals surface area contributed by atoms with Gasteiger partial charge in [-0.3, -0.25) is 15.0 Å². The lowest BCUT2D eigenvalue weighted by molar-refractivity contribution is -0.0579. The van der Waals surface area contributed by atoms with Crippen molar-refractivity contribution in [1.29, 1.82) is 0 Å². The summed E-state index contributed by atoms with van der Waals surface area (Å²) in [5.74, 6) is 0.470. The summed E-state index contributed by atoms with van der Waals surface area (Å²) in [7, 11) is 0. The summed E-state index contributed by atoms with van der Waals surface area (Å²) in [6, 6.07) is 13.2. The average Bonchev–Trinajstić information content (AvgIpc) is 3.70. The minimum Gasteiger partial charge on any atom is -0.372 e. The molecule has 0 spiro atoms. The number of aromatic nitrogens is 6. The van der Waals surface area contributed by atoms with Gasteiger partial charge in [-0.25, -0.2) is 9.50 Å². The Kier molecular flexibility index (Phi) is 5.29. The lowest BCUT2D eigenvalue weighted by Crippen LogP contribution is -2.48. The largest absolute Gasteiger partial charge is 0.372 e. The molecule has 38 heavy (non-hydrogen) atoms. The molecule has 4 aromatic heterocycles. The number of aromatic amines is 1. The molecule has 2 bridgehead atoms. The molecular weight excluding hydrogens is 474 g/mol. The van der Waals surface area contributed by atoms with Crippen LogP contribution in [0.1, 0.15) is 50.1 Å². The third kappa shape index (κ3) is 3.66. The van der Waals surface area contributed by atoms with Gasteiger partial charge < -0.3 is 4.74 Å². The van der Waals surface area contributed by atoms with E-state index in [1.165, 1.54) is 44.2 Å². The lowest BCUT2D eigenvalue weighted by Gasteiger charge is -2.41. The van der Waals surface area contributed by atoms with Crippen molar-refractivity contribution in [3.8, 4) is 22.4 Å². The first-order valence-corrected chi connectivity index (χ1v) is 13.9. The van der Waals surface area contributed by atoms with Gasteiger partial charge in [0.05, 0.1) is 29.5 Å². The molecule has 0 radical (unpaired) electrons. The first-order chi connectivity index (χ1) is 18.8. The molecule has 2 atom stereocenters. The Hall–Kier alpha value is -3.62. The number of H-pyrrole nitrogens is 1. The quantitative estimate of drug-likeness (QED) is 0.360. The predicted molar refractivity (Wildman–Crippen MR) is 146 cm³/mol. The molecule has 2 aliphatic heterocycles. The van der Waals surface area contributed by atoms with Crippen LogP contribution in [0.3, 0.4) is 0 Å². The summed E-state index contributed by atoms with van der Waals surface area (Å²) in [6.45, 7) is 2.23. The molecule has 192 valence electrons. The average molecular weight is 506 g/mol. The highest BCUT2D eigenvalue weighted by Gasteiger charge is 2.38. The maximum absolute atomic E-state index is 6.09. The molecule has 1 aromatic carbocycles. The molecule has 2 saturated heterocycles. The van der Waals surface area contributed by atoms with Crippen LogP contribution < -0.4 is 0 Å². The minimum atomic E-state index is 0.458. The number of nitrogens with one attached hydrogen (secondary N) is 1. The molecule has 1 saturated carbocycles. The zero-order valence-electron chi connectivity index (χ0n) is 21.3. The molecule has 3 fully saturated rings. The number of fused-ring (bicyclic) bond motifs is 4. The minimum absolute atomic E-state index is 0.458. The van der Waals surface area contributed by atoms with Crippen LogP contribution in [0.25, 0.3) is 38.9 Å². The van der Waals surface area contributed by atoms with Crippen LogP contribution in [0.2, 0.25) is 0 Å². The summed E-state index contributed by atoms with van der Waals surface area (Å²) >= 11 is 0. The summed E-state index contributed by atoms with van der Waals surface area (Å²) in [5.41, 5.74) is 7.27. The van der Waals surface area contributed by atoms with Gasteiger partial charge in [0.25, 0.3) is 0 Å². The Labute approximate surface area is 221 Å². The monoisotopic (exact) mass is 505 g/mol. The van der Waals surface area contributed by atoms with Crippen molar-refractivity contribution in [3.63, 3.8) is 0 Å². The van der Waals surface area contributed by atoms with Crippen LogP contribution in [0.15, 0.2) is 61.2 Å². The molecule has 2 unspecified atom stereocenters. The predicted octanol–water partition coefficient (Wildman–Crippen LogP) is 5.22. The summed E-state index contributed by atoms with van der Waals surface area (Å²) in [4.78, 5) is 11.9. The van der Waals surface area contributed by atoms with E-state index in [0.29, 0.717) is 24.2 Å². The maximum Gasteiger partial charge on any atom is 0.163 e. The van der Waals surface area contributed by atoms with E-state index in [1.807, 2.05) is 36.9 Å². The van der Waals surface area contributed by atoms with Gasteiger partial charge in [0, 0.05) is 60.3 Å². The van der Waals surface area contributed by atoms with Gasteiger partial charge in [-0.05, 0) is 68.4 Å². The summed E-state index contributed by atoms with van der Waals surface area (Å²) < 4.78 is 8.21. The van der Waals surface area contributed by atoms with Crippen molar-refractivity contribution in [2.24, 2.45) is 0 Å². The second-order valence-corrected chi connectivity index (χ2v) is 11.1. The second-order valence-electron chi connectivity index (χ2n) is 11.1. The van der Waals surface area contributed by atoms with Gasteiger partial charge in [-0.15, -0.1) is 0 Å². The number of pyridine rings is 1. The van der Waals surface area contributed by atoms with Crippen LogP contribution >= 0.6 is 0 Å². The Morgan fingerprint density at radius 1 is 0.868 bits per heavy atom. The van der Waals surface area contributed by atoms with Crippen molar-refractivity contribution in [1.82, 2.24) is 34.7 Å². The van der Waals surface area contributed by atoms with Crippen molar-refractivity contribution in [3.05, 3.63) is 66.9 Å². The van der Waals surface area contributed by atoms with Crippen LogP contribution in [-0.4, -0.2) is 66.0 Å². The van der Waals surface area contributed by atoms with E-state index in [-0.39, 0.29) is 0 Å². The Morgan fingerprint density at radius 2 is 1.68 bits per heavy atom. The van der Waals surface area contributed by atoms with E-state index < -0.39 is 0 Å². The Bertz CT molecular complexity index is 1590. The van der Waals surface area contributed by atoms with Gasteiger partial charge in [0.15, 0.2) is 5.65 Å². The van der Waals surface area contributed by atoms with Crippen LogP contribution in [0.4, 0.5) is 0 Å². The summed E-state index contributed by atoms with van der Waals surface area (Å²) in [5, 5.41) is 13.7. The van der Waals surface area contributed by atoms with E-state index in [0.717, 1.165) is 52.0 Å². The number of likely N-dealkylation sites (tertiary alicyclic amines) is 1. The zero-order chi connectivity index (χ0) is 25.1. The molecule has 1 aliphatic carbocycles. The normalized spacial score (nSPS) is 25.9. The fourth-order valence-electron chi connectivity index (χ4n) is 7.10. The molecule has 8 rings (SSSR count). The van der Waals surface area contributed by atoms with Gasteiger partial charge >= 0.3 is 0 Å². The molecule has 0 amide bonds. The number of hydrogen-bond donors (Lipinski definition) is 1. The fourth-order valence-corrected chi connectivity index (χ4v) is 7.10. The highest BCUT2D eigenvalue weighted by atomic mass is 16.5. The van der Waals surface area contributed by atoms with Crippen LogP contribution in [-0.2, 0) is 4.74 Å². The Balaban J connectivity index is 1.18. The van der Waals surface area contributed by atoms with Crippen LogP contribution in [0.5, 0.6) is 0 Å². The summed E-state index contributed by atoms with van der Waals surface area (Å²) in [6.07, 6.45) is 15.7. The van der Waals surface area contributed by atoms with Gasteiger partial charge in [-0.2, -0.15) is 10.2 Å². The lowest BCUT2D eigenvalue weighted by atomic mass is 9.83. The van der Waals surface area contributed by atoms with Crippen LogP contribution in [0, 0.1) is 0 Å².